The number of benzene rings is 3. The number of piperidine rings is 1. The number of halogens is 3. The van der Waals surface area contributed by atoms with Crippen molar-refractivity contribution in [3.05, 3.63) is 108 Å². The molecule has 2 unspecified atom stereocenters. The average molecular weight is 625 g/mol. The topological polar surface area (TPSA) is 101 Å². The smallest absolute Gasteiger partial charge is 0.253 e. The Bertz CT molecular complexity index is 1910. The molecule has 2 aliphatic rings. The number of carbonyl (C=O) groups is 2. The summed E-state index contributed by atoms with van der Waals surface area (Å²) >= 11 is 0. The zero-order chi connectivity index (χ0) is 32.0. The summed E-state index contributed by atoms with van der Waals surface area (Å²) in [7, 11) is 0. The normalized spacial score (nSPS) is 18.8. The van der Waals surface area contributed by atoms with E-state index in [9.17, 15) is 22.8 Å². The Morgan fingerprint density at radius 2 is 1.65 bits per heavy atom. The van der Waals surface area contributed by atoms with Crippen LogP contribution in [0.25, 0.3) is 33.2 Å². The second-order valence-electron chi connectivity index (χ2n) is 12.1. The number of pyridine rings is 1. The third-order valence-corrected chi connectivity index (χ3v) is 8.87. The molecule has 2 amide bonds. The number of amides is 2. The summed E-state index contributed by atoms with van der Waals surface area (Å²) in [5.41, 5.74) is 10.9. The van der Waals surface area contributed by atoms with Gasteiger partial charge >= 0.3 is 0 Å². The molecular formula is C36H31F3N4O3. The van der Waals surface area contributed by atoms with E-state index in [0.29, 0.717) is 22.7 Å². The molecule has 3 heterocycles. The first-order valence-corrected chi connectivity index (χ1v) is 15.2. The summed E-state index contributed by atoms with van der Waals surface area (Å²) in [6, 6.07) is 22.6. The maximum absolute atomic E-state index is 13.8. The van der Waals surface area contributed by atoms with Gasteiger partial charge in [0.2, 0.25) is 5.91 Å². The van der Waals surface area contributed by atoms with Crippen LogP contribution in [0.15, 0.2) is 89.5 Å². The predicted molar refractivity (Wildman–Crippen MR) is 168 cm³/mol. The van der Waals surface area contributed by atoms with Gasteiger partial charge in [0.1, 0.15) is 23.0 Å². The zero-order valence-electron chi connectivity index (χ0n) is 24.8. The Hall–Kier alpha value is -5.12. The number of nitrogens with two attached hydrogens (primary N) is 1. The van der Waals surface area contributed by atoms with E-state index < -0.39 is 5.92 Å². The van der Waals surface area contributed by atoms with Crippen LogP contribution in [-0.4, -0.2) is 40.7 Å². The number of alkyl halides is 2. The summed E-state index contributed by atoms with van der Waals surface area (Å²) in [4.78, 5) is 31.5. The SMILES string of the molecule is Nc1ccc(C2CC2C(=O)NCc2cc3cc(-c4ccc(C(=O)N5CCC(F)(F)CC5)cc4)cc(-c4ccc(F)cc4)c3o2)cn1. The summed E-state index contributed by atoms with van der Waals surface area (Å²) < 4.78 is 47.2. The molecule has 1 aliphatic heterocycles. The van der Waals surface area contributed by atoms with E-state index in [0.717, 1.165) is 39.6 Å². The molecule has 2 aromatic heterocycles. The Morgan fingerprint density at radius 3 is 2.35 bits per heavy atom. The third-order valence-electron chi connectivity index (χ3n) is 8.87. The number of nitrogens with one attached hydrogen (secondary N) is 1. The average Bonchev–Trinajstić information content (AvgIpc) is 3.75. The van der Waals surface area contributed by atoms with Crippen molar-refractivity contribution in [1.29, 1.82) is 0 Å². The van der Waals surface area contributed by atoms with Crippen molar-refractivity contribution < 1.29 is 27.2 Å². The van der Waals surface area contributed by atoms with Gasteiger partial charge in [-0.05, 0) is 83.1 Å². The van der Waals surface area contributed by atoms with Crippen molar-refractivity contribution in [3.63, 3.8) is 0 Å². The van der Waals surface area contributed by atoms with Gasteiger partial charge in [0.05, 0.1) is 6.54 Å². The Balaban J connectivity index is 1.12. The molecule has 0 radical (unpaired) electrons. The van der Waals surface area contributed by atoms with Crippen LogP contribution < -0.4 is 11.1 Å². The molecule has 1 saturated carbocycles. The van der Waals surface area contributed by atoms with Crippen molar-refractivity contribution in [2.75, 3.05) is 18.8 Å². The number of furan rings is 1. The molecule has 1 aliphatic carbocycles. The van der Waals surface area contributed by atoms with E-state index in [-0.39, 0.29) is 61.9 Å². The molecule has 0 spiro atoms. The molecule has 46 heavy (non-hydrogen) atoms. The second kappa shape index (κ2) is 11.7. The number of aromatic nitrogens is 1. The van der Waals surface area contributed by atoms with Crippen molar-refractivity contribution >= 4 is 28.6 Å². The van der Waals surface area contributed by atoms with Crippen LogP contribution in [-0.2, 0) is 11.3 Å². The zero-order valence-corrected chi connectivity index (χ0v) is 24.8. The molecule has 3 aromatic carbocycles. The maximum atomic E-state index is 13.8. The van der Waals surface area contributed by atoms with Crippen molar-refractivity contribution in [2.24, 2.45) is 5.92 Å². The van der Waals surface area contributed by atoms with Gasteiger partial charge in [0.25, 0.3) is 11.8 Å². The first-order valence-electron chi connectivity index (χ1n) is 15.2. The van der Waals surface area contributed by atoms with Crippen LogP contribution in [0, 0.1) is 11.7 Å². The number of anilines is 1. The fourth-order valence-corrected chi connectivity index (χ4v) is 6.12. The van der Waals surface area contributed by atoms with Gasteiger partial charge in [0, 0.05) is 54.6 Å². The van der Waals surface area contributed by atoms with Gasteiger partial charge in [-0.2, -0.15) is 0 Å². The fraction of sp³-hybridized carbons (Fsp3) is 0.250. The highest BCUT2D eigenvalue weighted by Crippen LogP contribution is 2.47. The Morgan fingerprint density at radius 1 is 0.935 bits per heavy atom. The van der Waals surface area contributed by atoms with Gasteiger partial charge in [-0.15, -0.1) is 0 Å². The van der Waals surface area contributed by atoms with Gasteiger partial charge in [-0.3, -0.25) is 9.59 Å². The van der Waals surface area contributed by atoms with Gasteiger partial charge in [-0.25, -0.2) is 18.2 Å². The number of likely N-dealkylation sites (tertiary alicyclic amines) is 1. The molecule has 1 saturated heterocycles. The molecule has 2 fully saturated rings. The minimum absolute atomic E-state index is 0.0237. The monoisotopic (exact) mass is 624 g/mol. The lowest BCUT2D eigenvalue weighted by Gasteiger charge is -2.31. The van der Waals surface area contributed by atoms with E-state index in [1.54, 1.807) is 36.5 Å². The standard InChI is InChI=1S/C36H31F3N4O3/c37-27-8-5-22(6-9-27)30-17-25(21-1-3-23(4-2-21)35(45)43-13-11-36(38,39)12-14-43)15-26-16-28(46-33(26)30)20-42-34(44)31-18-29(31)24-7-10-32(40)41-19-24/h1-10,15-17,19,29,31H,11-14,18,20H2,(H2,40,41)(H,42,44). The van der Waals surface area contributed by atoms with E-state index in [1.807, 2.05) is 36.4 Å². The molecule has 7 rings (SSSR count). The number of hydrogen-bond donors (Lipinski definition) is 2. The predicted octanol–water partition coefficient (Wildman–Crippen LogP) is 7.17. The van der Waals surface area contributed by atoms with E-state index in [4.69, 9.17) is 10.2 Å². The lowest BCUT2D eigenvalue weighted by Crippen LogP contribution is -2.42. The molecular weight excluding hydrogens is 593 g/mol. The van der Waals surface area contributed by atoms with Crippen LogP contribution in [0.5, 0.6) is 0 Å². The van der Waals surface area contributed by atoms with Gasteiger partial charge in [0.15, 0.2) is 0 Å². The Kier molecular flexibility index (Phi) is 7.50. The molecule has 0 bridgehead atoms. The van der Waals surface area contributed by atoms with E-state index in [1.165, 1.54) is 17.0 Å². The van der Waals surface area contributed by atoms with E-state index >= 15 is 0 Å². The summed E-state index contributed by atoms with van der Waals surface area (Å²) in [5.74, 6) is -2.42. The lowest BCUT2D eigenvalue weighted by molar-refractivity contribution is -0.122. The number of fused-ring (bicyclic) bond motifs is 1. The van der Waals surface area contributed by atoms with Crippen LogP contribution >= 0.6 is 0 Å². The number of rotatable bonds is 7. The lowest BCUT2D eigenvalue weighted by atomic mass is 9.96. The highest BCUT2D eigenvalue weighted by molar-refractivity contribution is 5.98. The summed E-state index contributed by atoms with van der Waals surface area (Å²) in [6.45, 7) is 0.250. The summed E-state index contributed by atoms with van der Waals surface area (Å²) in [5, 5.41) is 3.79. The number of carbonyl (C=O) groups excluding carboxylic acids is 2. The minimum Gasteiger partial charge on any atom is -0.459 e. The highest BCUT2D eigenvalue weighted by atomic mass is 19.3. The van der Waals surface area contributed by atoms with Crippen LogP contribution in [0.4, 0.5) is 19.0 Å². The second-order valence-corrected chi connectivity index (χ2v) is 12.1. The van der Waals surface area contributed by atoms with E-state index in [2.05, 4.69) is 10.3 Å². The fourth-order valence-electron chi connectivity index (χ4n) is 6.12. The molecule has 2 atom stereocenters. The first-order chi connectivity index (χ1) is 22.1. The third kappa shape index (κ3) is 6.07. The molecule has 7 nitrogen and oxygen atoms in total. The van der Waals surface area contributed by atoms with Crippen molar-refractivity contribution in [2.45, 2.75) is 37.6 Å². The minimum atomic E-state index is -2.73. The number of nitrogens with zero attached hydrogens (tertiary/aromatic N) is 2. The molecule has 3 N–H and O–H groups in total. The number of hydrogen-bond acceptors (Lipinski definition) is 5. The molecule has 5 aromatic rings. The van der Waals surface area contributed by atoms with Gasteiger partial charge in [-0.1, -0.05) is 30.3 Å². The van der Waals surface area contributed by atoms with Crippen LogP contribution in [0.3, 0.4) is 0 Å². The van der Waals surface area contributed by atoms with Gasteiger partial charge < -0.3 is 20.4 Å². The van der Waals surface area contributed by atoms with Crippen LogP contribution in [0.2, 0.25) is 0 Å². The Labute approximate surface area is 263 Å². The first kappa shape index (κ1) is 29.6. The highest BCUT2D eigenvalue weighted by Gasteiger charge is 2.44. The quantitative estimate of drug-likeness (QED) is 0.200. The van der Waals surface area contributed by atoms with Crippen molar-refractivity contribution in [3.8, 4) is 22.3 Å². The van der Waals surface area contributed by atoms with Crippen molar-refractivity contribution in [1.82, 2.24) is 15.2 Å². The largest absolute Gasteiger partial charge is 0.459 e. The maximum Gasteiger partial charge on any atom is 0.253 e. The molecule has 10 heteroatoms. The summed E-state index contributed by atoms with van der Waals surface area (Å²) in [6.07, 6.45) is 1.79. The number of nitrogen functional groups attached to an aromatic ring is 1. The van der Waals surface area contributed by atoms with Crippen LogP contribution in [0.1, 0.15) is 46.9 Å². The molecule has 234 valence electrons.